The Morgan fingerprint density at radius 2 is 2.04 bits per heavy atom. The number of hydrogen-bond donors (Lipinski definition) is 3. The van der Waals surface area contributed by atoms with Crippen LogP contribution in [0.1, 0.15) is 37.5 Å². The van der Waals surface area contributed by atoms with Gasteiger partial charge in [0.15, 0.2) is 28.2 Å². The number of nitrogens with zero attached hydrogens (tertiary/aromatic N) is 5. The van der Waals surface area contributed by atoms with Gasteiger partial charge in [-0.25, -0.2) is 9.50 Å². The van der Waals surface area contributed by atoms with E-state index in [4.69, 9.17) is 30.6 Å². The highest BCUT2D eigenvalue weighted by Crippen LogP contribution is 2.44. The lowest BCUT2D eigenvalue weighted by Crippen LogP contribution is -2.21. The van der Waals surface area contributed by atoms with E-state index in [1.807, 2.05) is 0 Å². The minimum atomic E-state index is -2.16. The summed E-state index contributed by atoms with van der Waals surface area (Å²) in [5, 5.41) is 4.49. The van der Waals surface area contributed by atoms with Crippen molar-refractivity contribution in [2.75, 3.05) is 30.5 Å². The lowest BCUT2D eigenvalue weighted by molar-refractivity contribution is 0.0151. The molecule has 0 bridgehead atoms. The second-order valence-corrected chi connectivity index (χ2v) is 9.98. The van der Waals surface area contributed by atoms with E-state index in [0.29, 0.717) is 5.65 Å². The number of halogens is 1. The Morgan fingerprint density at radius 3 is 2.79 bits per heavy atom. The molecule has 3 atom stereocenters. The van der Waals surface area contributed by atoms with E-state index < -0.39 is 16.8 Å². The van der Waals surface area contributed by atoms with Crippen LogP contribution in [0.2, 0.25) is 5.28 Å². The first kappa shape index (κ1) is 20.6. The van der Waals surface area contributed by atoms with Gasteiger partial charge in [-0.1, -0.05) is 0 Å². The summed E-state index contributed by atoms with van der Waals surface area (Å²) < 4.78 is 13.1. The molecule has 3 unspecified atom stereocenters. The minimum Gasteiger partial charge on any atom is -0.366 e. The van der Waals surface area contributed by atoms with Crippen LogP contribution in [0.3, 0.4) is 0 Å². The summed E-state index contributed by atoms with van der Waals surface area (Å²) in [6, 6.07) is 0. The molecule has 154 valence electrons. The van der Waals surface area contributed by atoms with Crippen LogP contribution in [-0.4, -0.2) is 66.0 Å². The van der Waals surface area contributed by atoms with Gasteiger partial charge in [0.1, 0.15) is 6.10 Å². The summed E-state index contributed by atoms with van der Waals surface area (Å²) in [4.78, 5) is 38.6. The molecule has 28 heavy (non-hydrogen) atoms. The average Bonchev–Trinajstić information content (AvgIpc) is 3.38. The number of rotatable bonds is 7. The molecule has 0 radical (unpaired) electrons. The summed E-state index contributed by atoms with van der Waals surface area (Å²) >= 11 is 6.17. The van der Waals surface area contributed by atoms with Crippen LogP contribution in [0, 0.1) is 0 Å². The van der Waals surface area contributed by atoms with Gasteiger partial charge in [-0.05, 0) is 37.3 Å². The molecule has 13 heteroatoms. The van der Waals surface area contributed by atoms with Crippen LogP contribution >= 0.6 is 28.4 Å². The highest BCUT2D eigenvalue weighted by atomic mass is 35.5. The minimum absolute atomic E-state index is 0.136. The molecule has 2 aromatic heterocycles. The zero-order valence-electron chi connectivity index (χ0n) is 15.1. The summed E-state index contributed by atoms with van der Waals surface area (Å²) in [6.07, 6.45) is 5.11. The molecule has 0 spiro atoms. The molecular formula is C15H22ClN5O5P2. The van der Waals surface area contributed by atoms with Crippen molar-refractivity contribution in [3.8, 4) is 0 Å². The van der Waals surface area contributed by atoms with E-state index in [9.17, 15) is 4.89 Å². The first-order valence-corrected chi connectivity index (χ1v) is 12.3. The van der Waals surface area contributed by atoms with E-state index in [1.54, 1.807) is 10.7 Å². The molecule has 2 aliphatic heterocycles. The molecule has 2 fully saturated rings. The molecule has 2 saturated heterocycles. The molecule has 0 saturated carbocycles. The van der Waals surface area contributed by atoms with Crippen molar-refractivity contribution in [1.29, 1.82) is 0 Å². The summed E-state index contributed by atoms with van der Waals surface area (Å²) in [6.45, 7) is 2.06. The molecule has 4 heterocycles. The standard InChI is InChI=1S/C15H22ClN5O5P2/c16-15-18-14(20-5-1-2-6-20)13-17-7-11(21(13)19-15)12-4-3-10(26-12)8-25-28(24)9-27(22)23/h7,10,12,22-24H,1-6,8-9H2. The van der Waals surface area contributed by atoms with Gasteiger partial charge in [0.2, 0.25) is 5.28 Å². The smallest absolute Gasteiger partial charge is 0.243 e. The normalized spacial score (nSPS) is 24.0. The maximum Gasteiger partial charge on any atom is 0.243 e. The van der Waals surface area contributed by atoms with Gasteiger partial charge in [-0.3, -0.25) is 0 Å². The Balaban J connectivity index is 1.46. The Hall–Kier alpha value is -0.700. The van der Waals surface area contributed by atoms with Gasteiger partial charge in [0.25, 0.3) is 0 Å². The van der Waals surface area contributed by atoms with Crippen molar-refractivity contribution < 1.29 is 23.9 Å². The first-order chi connectivity index (χ1) is 13.5. The summed E-state index contributed by atoms with van der Waals surface area (Å²) in [5.41, 5.74) is 1.48. The summed E-state index contributed by atoms with van der Waals surface area (Å²) in [5.74, 6) is 0.611. The van der Waals surface area contributed by atoms with Crippen LogP contribution in [-0.2, 0) is 9.26 Å². The number of fused-ring (bicyclic) bond motifs is 1. The zero-order valence-corrected chi connectivity index (χ0v) is 17.6. The van der Waals surface area contributed by atoms with Gasteiger partial charge in [-0.15, -0.1) is 5.10 Å². The number of hydrogen-bond acceptors (Lipinski definition) is 9. The molecule has 2 aromatic rings. The van der Waals surface area contributed by atoms with E-state index in [2.05, 4.69) is 20.0 Å². The maximum atomic E-state index is 9.67. The van der Waals surface area contributed by atoms with Crippen LogP contribution in [0.15, 0.2) is 6.20 Å². The van der Waals surface area contributed by atoms with Gasteiger partial charge >= 0.3 is 0 Å². The van der Waals surface area contributed by atoms with Crippen LogP contribution < -0.4 is 4.90 Å². The Bertz CT molecular complexity index is 821. The third-order valence-electron chi connectivity index (χ3n) is 4.84. The molecule has 0 amide bonds. The Labute approximate surface area is 169 Å². The predicted octanol–water partition coefficient (Wildman–Crippen LogP) is 2.17. The molecule has 0 aliphatic carbocycles. The quantitative estimate of drug-likeness (QED) is 0.545. The van der Waals surface area contributed by atoms with Crippen LogP contribution in [0.5, 0.6) is 0 Å². The summed E-state index contributed by atoms with van der Waals surface area (Å²) in [7, 11) is -4.01. The number of anilines is 1. The zero-order chi connectivity index (χ0) is 19.7. The van der Waals surface area contributed by atoms with Crippen molar-refractivity contribution in [2.24, 2.45) is 0 Å². The Kier molecular flexibility index (Phi) is 6.60. The van der Waals surface area contributed by atoms with Gasteiger partial charge < -0.3 is 28.8 Å². The topological polar surface area (TPSA) is 125 Å². The molecule has 3 N–H and O–H groups in total. The highest BCUT2D eigenvalue weighted by molar-refractivity contribution is 7.63. The van der Waals surface area contributed by atoms with Gasteiger partial charge in [0.05, 0.1) is 30.5 Å². The first-order valence-electron chi connectivity index (χ1n) is 9.07. The Morgan fingerprint density at radius 1 is 1.25 bits per heavy atom. The molecule has 2 aliphatic rings. The van der Waals surface area contributed by atoms with E-state index in [1.165, 1.54) is 0 Å². The fourth-order valence-corrected chi connectivity index (χ4v) is 5.27. The highest BCUT2D eigenvalue weighted by Gasteiger charge is 2.31. The molecular weight excluding hydrogens is 428 g/mol. The number of ether oxygens (including phenoxy) is 1. The number of imidazole rings is 1. The van der Waals surface area contributed by atoms with Crippen molar-refractivity contribution >= 4 is 39.8 Å². The molecule has 4 rings (SSSR count). The van der Waals surface area contributed by atoms with E-state index >= 15 is 0 Å². The van der Waals surface area contributed by atoms with Crippen LogP contribution in [0.4, 0.5) is 5.82 Å². The van der Waals surface area contributed by atoms with Crippen molar-refractivity contribution in [1.82, 2.24) is 19.6 Å². The lowest BCUT2D eigenvalue weighted by atomic mass is 10.1. The van der Waals surface area contributed by atoms with Crippen LogP contribution in [0.25, 0.3) is 5.65 Å². The monoisotopic (exact) mass is 449 g/mol. The fraction of sp³-hybridized carbons (Fsp3) is 0.667. The van der Waals surface area contributed by atoms with Crippen molar-refractivity contribution in [3.05, 3.63) is 17.2 Å². The maximum absolute atomic E-state index is 9.67. The number of aromatic nitrogens is 4. The van der Waals surface area contributed by atoms with E-state index in [-0.39, 0.29) is 30.0 Å². The predicted molar refractivity (Wildman–Crippen MR) is 105 cm³/mol. The van der Waals surface area contributed by atoms with E-state index in [0.717, 1.165) is 50.3 Å². The van der Waals surface area contributed by atoms with Crippen molar-refractivity contribution in [2.45, 2.75) is 37.9 Å². The fourth-order valence-electron chi connectivity index (χ4n) is 3.58. The largest absolute Gasteiger partial charge is 0.366 e. The lowest BCUT2D eigenvalue weighted by Gasteiger charge is -2.18. The average molecular weight is 450 g/mol. The third kappa shape index (κ3) is 4.55. The molecule has 0 aromatic carbocycles. The second-order valence-electron chi connectivity index (χ2n) is 6.80. The molecule has 10 nitrogen and oxygen atoms in total. The van der Waals surface area contributed by atoms with Crippen molar-refractivity contribution in [3.63, 3.8) is 0 Å². The SMILES string of the molecule is OP(O)CP(O)OCC1CCC(c2cnc3c(N4CCCC4)nc(Cl)nn23)O1. The van der Waals surface area contributed by atoms with Gasteiger partial charge in [0, 0.05) is 13.1 Å². The second kappa shape index (κ2) is 8.98. The third-order valence-corrected chi connectivity index (χ3v) is 7.43. The van der Waals surface area contributed by atoms with Gasteiger partial charge in [-0.2, -0.15) is 4.98 Å².